The molecule has 0 aliphatic carbocycles. The zero-order valence-electron chi connectivity index (χ0n) is 26.1. The molecule has 0 unspecified atom stereocenters. The van der Waals surface area contributed by atoms with E-state index in [-0.39, 0.29) is 40.7 Å². The van der Waals surface area contributed by atoms with Gasteiger partial charge < -0.3 is 35.7 Å². The number of amides is 2. The third-order valence-electron chi connectivity index (χ3n) is 7.10. The fourth-order valence-corrected chi connectivity index (χ4v) is 4.74. The number of likely N-dealkylation sites (N-methyl/N-ethyl adjacent to an activating group) is 1. The third-order valence-corrected chi connectivity index (χ3v) is 7.10. The number of benzene rings is 1. The second-order valence-electron chi connectivity index (χ2n) is 11.2. The number of primary amides is 1. The van der Waals surface area contributed by atoms with Crippen molar-refractivity contribution in [2.24, 2.45) is 12.8 Å². The first-order valence-corrected chi connectivity index (χ1v) is 14.4. The van der Waals surface area contributed by atoms with E-state index < -0.39 is 28.4 Å². The quantitative estimate of drug-likeness (QED) is 0.0725. The largest absolute Gasteiger partial charge is 0.484 e. The maximum atomic E-state index is 14.8. The molecule has 0 radical (unpaired) electrons. The fourth-order valence-electron chi connectivity index (χ4n) is 4.74. The monoisotopic (exact) mass is 656 g/mol. The van der Waals surface area contributed by atoms with Crippen LogP contribution in [0, 0.1) is 15.9 Å². The molecule has 4 aromatic heterocycles. The summed E-state index contributed by atoms with van der Waals surface area (Å²) in [5.74, 6) is -1.95. The summed E-state index contributed by atoms with van der Waals surface area (Å²) >= 11 is 0. The van der Waals surface area contributed by atoms with Crippen LogP contribution >= 0.6 is 0 Å². The number of fused-ring (bicyclic) bond motifs is 1. The molecule has 4 heterocycles. The Kier molecular flexibility index (Phi) is 9.60. The van der Waals surface area contributed by atoms with Gasteiger partial charge in [0.15, 0.2) is 17.3 Å². The van der Waals surface area contributed by atoms with Gasteiger partial charge in [-0.1, -0.05) is 6.07 Å². The lowest BCUT2D eigenvalue weighted by molar-refractivity contribution is -0.898. The van der Waals surface area contributed by atoms with E-state index in [2.05, 4.69) is 35.6 Å². The van der Waals surface area contributed by atoms with Crippen molar-refractivity contribution in [3.05, 3.63) is 106 Å². The number of hydrogen-bond acceptors (Lipinski definition) is 11. The maximum absolute atomic E-state index is 14.8. The van der Waals surface area contributed by atoms with Gasteiger partial charge in [0.1, 0.15) is 31.1 Å². The van der Waals surface area contributed by atoms with Gasteiger partial charge in [0.2, 0.25) is 5.91 Å². The van der Waals surface area contributed by atoms with Crippen LogP contribution in [0.2, 0.25) is 0 Å². The van der Waals surface area contributed by atoms with Gasteiger partial charge in [-0.15, -0.1) is 0 Å². The van der Waals surface area contributed by atoms with Gasteiger partial charge >= 0.3 is 17.5 Å². The Bertz CT molecular complexity index is 2030. The second-order valence-corrected chi connectivity index (χ2v) is 11.2. The molecule has 0 spiro atoms. The van der Waals surface area contributed by atoms with E-state index in [1.165, 1.54) is 42.3 Å². The second kappa shape index (κ2) is 14.0. The van der Waals surface area contributed by atoms with E-state index in [0.717, 1.165) is 0 Å². The number of nitrogens with zero attached hydrogens (tertiary/aromatic N) is 8. The number of anilines is 3. The van der Waals surface area contributed by atoms with Crippen molar-refractivity contribution in [3.8, 4) is 5.75 Å². The van der Waals surface area contributed by atoms with Crippen LogP contribution in [0.1, 0.15) is 22.0 Å². The lowest BCUT2D eigenvalue weighted by atomic mass is 10.2. The number of pyridine rings is 2. The minimum Gasteiger partial charge on any atom is -0.484 e. The molecule has 2 amide bonds. The Morgan fingerprint density at radius 3 is 2.67 bits per heavy atom. The van der Waals surface area contributed by atoms with E-state index in [1.54, 1.807) is 50.6 Å². The number of aromatic nitrogens is 6. The first-order chi connectivity index (χ1) is 22.9. The van der Waals surface area contributed by atoms with Gasteiger partial charge in [-0.3, -0.25) is 19.1 Å². The normalized spacial score (nSPS) is 11.5. The number of nitro groups is 1. The number of hydrogen-bond donors (Lipinski definition) is 3. The maximum Gasteiger partial charge on any atom is 0.391 e. The smallest absolute Gasteiger partial charge is 0.391 e. The van der Waals surface area contributed by atoms with Crippen molar-refractivity contribution in [1.82, 2.24) is 29.5 Å². The Labute approximate surface area is 272 Å². The number of ether oxygens (including phenoxy) is 1. The highest BCUT2D eigenvalue weighted by molar-refractivity contribution is 6.00. The molecule has 5 rings (SSSR count). The Hall–Kier alpha value is -6.36. The molecule has 0 atom stereocenters. The predicted molar refractivity (Wildman–Crippen MR) is 172 cm³/mol. The highest BCUT2D eigenvalue weighted by Crippen LogP contribution is 2.28. The molecule has 0 bridgehead atoms. The molecule has 0 saturated heterocycles. The summed E-state index contributed by atoms with van der Waals surface area (Å²) in [6.07, 6.45) is 7.37. The van der Waals surface area contributed by atoms with E-state index >= 15 is 0 Å². The van der Waals surface area contributed by atoms with Gasteiger partial charge in [0.25, 0.3) is 0 Å². The standard InChI is InChI=1S/C31H30FN11O5/c1-41-24(30(42(46)47)40-31(41)28(33)45)16-43(2,3)12-6-8-27(44)39-26-14-21-23(15-35-26)36-18-37-29(21)38-19-9-10-25(22(32)13-19)48-17-20-7-4-5-11-34-20/h4-11,13-15,18H,12,16-17H2,1-3H3,(H3-,33,35,36,37,38,39,40,44,45)/p+1/b8-6+. The summed E-state index contributed by atoms with van der Waals surface area (Å²) in [7, 11) is 5.09. The topological polar surface area (TPSA) is 206 Å². The van der Waals surface area contributed by atoms with Gasteiger partial charge in [-0.05, 0) is 46.3 Å². The van der Waals surface area contributed by atoms with Crippen molar-refractivity contribution in [2.75, 3.05) is 31.3 Å². The summed E-state index contributed by atoms with van der Waals surface area (Å²) in [5.41, 5.74) is 7.08. The van der Waals surface area contributed by atoms with Crippen LogP contribution in [0.4, 0.5) is 27.5 Å². The Balaban J connectivity index is 1.23. The van der Waals surface area contributed by atoms with E-state index in [0.29, 0.717) is 34.6 Å². The average molecular weight is 657 g/mol. The molecule has 16 nitrogen and oxygen atoms in total. The number of rotatable bonds is 13. The van der Waals surface area contributed by atoms with E-state index in [4.69, 9.17) is 10.5 Å². The van der Waals surface area contributed by atoms with Crippen molar-refractivity contribution < 1.29 is 28.1 Å². The highest BCUT2D eigenvalue weighted by atomic mass is 19.1. The molecule has 0 fully saturated rings. The van der Waals surface area contributed by atoms with Gasteiger partial charge in [-0.25, -0.2) is 19.3 Å². The number of halogens is 1. The summed E-state index contributed by atoms with van der Waals surface area (Å²) in [4.78, 5) is 55.9. The molecule has 0 saturated carbocycles. The van der Waals surface area contributed by atoms with Crippen LogP contribution in [0.3, 0.4) is 0 Å². The Morgan fingerprint density at radius 1 is 1.15 bits per heavy atom. The van der Waals surface area contributed by atoms with Crippen molar-refractivity contribution in [1.29, 1.82) is 0 Å². The molecule has 48 heavy (non-hydrogen) atoms. The highest BCUT2D eigenvalue weighted by Gasteiger charge is 2.32. The molecule has 0 aliphatic rings. The average Bonchev–Trinajstić information content (AvgIpc) is 3.36. The van der Waals surface area contributed by atoms with Crippen LogP contribution < -0.4 is 21.1 Å². The lowest BCUT2D eigenvalue weighted by Crippen LogP contribution is -2.39. The molecule has 4 N–H and O–H groups in total. The van der Waals surface area contributed by atoms with E-state index in [1.807, 2.05) is 6.07 Å². The van der Waals surface area contributed by atoms with Crippen molar-refractivity contribution >= 4 is 45.9 Å². The number of nitrogens with one attached hydrogen (secondary N) is 2. The SMILES string of the molecule is Cn1c(C(N)=O)nc([N+](=O)[O-])c1C[N+](C)(C)C/C=C/C(=O)Nc1cc2c(Nc3ccc(OCc4ccccn4)c(F)c3)ncnc2cn1. The van der Waals surface area contributed by atoms with Crippen LogP contribution in [0.5, 0.6) is 5.75 Å². The fraction of sp³-hybridized carbons (Fsp3) is 0.194. The number of imidazole rings is 1. The van der Waals surface area contributed by atoms with Gasteiger partial charge in [0.05, 0.1) is 38.0 Å². The molecule has 17 heteroatoms. The molecule has 5 aromatic rings. The van der Waals surface area contributed by atoms with Crippen LogP contribution in [0.15, 0.2) is 73.3 Å². The van der Waals surface area contributed by atoms with Crippen molar-refractivity contribution in [2.45, 2.75) is 13.2 Å². The summed E-state index contributed by atoms with van der Waals surface area (Å²) in [5, 5.41) is 17.8. The minimum atomic E-state index is -0.878. The molecule has 246 valence electrons. The lowest BCUT2D eigenvalue weighted by Gasteiger charge is -2.28. The molecular formula is C31H31FN11O5+. The number of nitrogens with two attached hydrogens (primary N) is 1. The minimum absolute atomic E-state index is 0.0682. The number of carbonyl (C=O) groups excluding carboxylic acids is 2. The van der Waals surface area contributed by atoms with Crippen LogP contribution in [0.25, 0.3) is 10.9 Å². The summed E-state index contributed by atoms with van der Waals surface area (Å²) in [6.45, 7) is 0.550. The summed E-state index contributed by atoms with van der Waals surface area (Å²) in [6, 6.07) is 11.4. The van der Waals surface area contributed by atoms with Gasteiger partial charge in [0, 0.05) is 36.5 Å². The number of quaternary nitrogens is 1. The van der Waals surface area contributed by atoms with Crippen LogP contribution in [-0.2, 0) is 25.0 Å². The zero-order valence-corrected chi connectivity index (χ0v) is 26.1. The first kappa shape index (κ1) is 33.0. The van der Waals surface area contributed by atoms with E-state index in [9.17, 15) is 24.1 Å². The molecular weight excluding hydrogens is 625 g/mol. The van der Waals surface area contributed by atoms with Crippen molar-refractivity contribution in [3.63, 3.8) is 0 Å². The van der Waals surface area contributed by atoms with Crippen LogP contribution in [-0.4, -0.2) is 71.3 Å². The number of carbonyl (C=O) groups is 2. The Morgan fingerprint density at radius 2 is 1.96 bits per heavy atom. The zero-order chi connectivity index (χ0) is 34.4. The summed E-state index contributed by atoms with van der Waals surface area (Å²) < 4.78 is 21.9. The molecule has 1 aromatic carbocycles. The molecule has 0 aliphatic heterocycles. The first-order valence-electron chi connectivity index (χ1n) is 14.4. The van der Waals surface area contributed by atoms with Gasteiger partial charge in [-0.2, -0.15) is 0 Å². The third kappa shape index (κ3) is 7.88. The predicted octanol–water partition coefficient (Wildman–Crippen LogP) is 3.39.